The lowest BCUT2D eigenvalue weighted by molar-refractivity contribution is 0.411. The highest BCUT2D eigenvalue weighted by molar-refractivity contribution is 7.15. The maximum atomic E-state index is 14.1. The van der Waals surface area contributed by atoms with Crippen molar-refractivity contribution in [1.29, 1.82) is 0 Å². The molecule has 1 aromatic carbocycles. The van der Waals surface area contributed by atoms with E-state index in [9.17, 15) is 4.39 Å². The lowest BCUT2D eigenvalue weighted by Crippen LogP contribution is -2.18. The van der Waals surface area contributed by atoms with Gasteiger partial charge < -0.3 is 10.1 Å². The molecule has 0 fully saturated rings. The minimum Gasteiger partial charge on any atom is -0.497 e. The Hall–Kier alpha value is -1.46. The second-order valence-corrected chi connectivity index (χ2v) is 6.48. The van der Waals surface area contributed by atoms with Crippen molar-refractivity contribution in [3.8, 4) is 16.3 Å². The van der Waals surface area contributed by atoms with Gasteiger partial charge in [0, 0.05) is 23.1 Å². The first-order valence-electron chi connectivity index (χ1n) is 7.02. The molecular weight excluding hydrogens is 287 g/mol. The Morgan fingerprint density at radius 2 is 2.14 bits per heavy atom. The fraction of sp³-hybridized carbons (Fsp3) is 0.438. The summed E-state index contributed by atoms with van der Waals surface area (Å²) in [4.78, 5) is 5.65. The highest BCUT2D eigenvalue weighted by Crippen LogP contribution is 2.31. The average molecular weight is 308 g/mol. The Morgan fingerprint density at radius 3 is 2.76 bits per heavy atom. The molecule has 114 valence electrons. The fourth-order valence-electron chi connectivity index (χ4n) is 1.98. The zero-order valence-corrected chi connectivity index (χ0v) is 13.7. The van der Waals surface area contributed by atoms with E-state index < -0.39 is 0 Å². The topological polar surface area (TPSA) is 34.1 Å². The zero-order valence-electron chi connectivity index (χ0n) is 12.9. The quantitative estimate of drug-likeness (QED) is 0.875. The van der Waals surface area contributed by atoms with Gasteiger partial charge in [-0.15, -0.1) is 11.3 Å². The van der Waals surface area contributed by atoms with E-state index in [2.05, 4.69) is 24.1 Å². The van der Waals surface area contributed by atoms with E-state index in [1.54, 1.807) is 12.1 Å². The lowest BCUT2D eigenvalue weighted by atomic mass is 10.2. The van der Waals surface area contributed by atoms with Gasteiger partial charge in [0.15, 0.2) is 0 Å². The van der Waals surface area contributed by atoms with Gasteiger partial charge in [-0.3, -0.25) is 0 Å². The number of aromatic nitrogens is 1. The van der Waals surface area contributed by atoms with Crippen molar-refractivity contribution in [1.82, 2.24) is 10.3 Å². The number of thiazole rings is 1. The summed E-state index contributed by atoms with van der Waals surface area (Å²) in [6.07, 6.45) is 0. The van der Waals surface area contributed by atoms with Crippen LogP contribution in [0.5, 0.6) is 5.75 Å². The molecule has 0 spiro atoms. The third-order valence-electron chi connectivity index (χ3n) is 3.14. The van der Waals surface area contributed by atoms with Crippen molar-refractivity contribution >= 4 is 11.3 Å². The number of nitrogens with zero attached hydrogens (tertiary/aromatic N) is 1. The summed E-state index contributed by atoms with van der Waals surface area (Å²) in [5, 5.41) is 4.11. The summed E-state index contributed by atoms with van der Waals surface area (Å²) in [6.45, 7) is 8.05. The number of nitrogens with one attached hydrogen (secondary N) is 1. The van der Waals surface area contributed by atoms with Crippen molar-refractivity contribution in [2.45, 2.75) is 27.3 Å². The molecule has 21 heavy (non-hydrogen) atoms. The second-order valence-electron chi connectivity index (χ2n) is 5.40. The normalized spacial score (nSPS) is 11.1. The zero-order chi connectivity index (χ0) is 15.4. The third-order valence-corrected chi connectivity index (χ3v) is 4.33. The van der Waals surface area contributed by atoms with Gasteiger partial charge in [0.05, 0.1) is 12.8 Å². The number of ether oxygens (including phenoxy) is 1. The van der Waals surface area contributed by atoms with Crippen LogP contribution >= 0.6 is 11.3 Å². The SMILES string of the molecule is COc1ccc(-c2nc(C)c(CNCC(C)C)s2)c(F)c1. The molecule has 0 saturated carbocycles. The first-order chi connectivity index (χ1) is 10.0. The maximum Gasteiger partial charge on any atom is 0.137 e. The molecule has 0 radical (unpaired) electrons. The molecule has 0 aliphatic carbocycles. The van der Waals surface area contributed by atoms with E-state index in [0.29, 0.717) is 22.2 Å². The minimum atomic E-state index is -0.301. The van der Waals surface area contributed by atoms with Gasteiger partial charge in [0.2, 0.25) is 0 Å². The van der Waals surface area contributed by atoms with Gasteiger partial charge in [0.1, 0.15) is 16.6 Å². The van der Waals surface area contributed by atoms with Crippen LogP contribution in [-0.2, 0) is 6.54 Å². The molecular formula is C16H21FN2OS. The van der Waals surface area contributed by atoms with Crippen LogP contribution < -0.4 is 10.1 Å². The monoisotopic (exact) mass is 308 g/mol. The molecule has 2 rings (SSSR count). The van der Waals surface area contributed by atoms with Crippen molar-refractivity contribution in [2.75, 3.05) is 13.7 Å². The van der Waals surface area contributed by atoms with E-state index in [0.717, 1.165) is 23.7 Å². The second kappa shape index (κ2) is 7.00. The molecule has 0 bridgehead atoms. The van der Waals surface area contributed by atoms with Crippen LogP contribution in [-0.4, -0.2) is 18.6 Å². The number of aryl methyl sites for hydroxylation is 1. The highest BCUT2D eigenvalue weighted by atomic mass is 32.1. The molecule has 0 unspecified atom stereocenters. The Morgan fingerprint density at radius 1 is 1.38 bits per heavy atom. The predicted octanol–water partition coefficient (Wildman–Crippen LogP) is 4.01. The van der Waals surface area contributed by atoms with E-state index >= 15 is 0 Å². The molecule has 0 saturated heterocycles. The van der Waals surface area contributed by atoms with Crippen LogP contribution in [0.4, 0.5) is 4.39 Å². The summed E-state index contributed by atoms with van der Waals surface area (Å²) < 4.78 is 19.1. The van der Waals surface area contributed by atoms with Gasteiger partial charge >= 0.3 is 0 Å². The average Bonchev–Trinajstić information content (AvgIpc) is 2.79. The van der Waals surface area contributed by atoms with Crippen LogP contribution in [0.2, 0.25) is 0 Å². The molecule has 0 aliphatic rings. The van der Waals surface area contributed by atoms with Crippen LogP contribution in [0.15, 0.2) is 18.2 Å². The smallest absolute Gasteiger partial charge is 0.137 e. The maximum absolute atomic E-state index is 14.1. The van der Waals surface area contributed by atoms with Gasteiger partial charge in [-0.05, 0) is 31.5 Å². The molecule has 1 heterocycles. The standard InChI is InChI=1S/C16H21FN2OS/c1-10(2)8-18-9-15-11(3)19-16(21-15)13-6-5-12(20-4)7-14(13)17/h5-7,10,18H,8-9H2,1-4H3. The van der Waals surface area contributed by atoms with Gasteiger partial charge in [-0.2, -0.15) is 0 Å². The number of hydrogen-bond acceptors (Lipinski definition) is 4. The summed E-state index contributed by atoms with van der Waals surface area (Å²) in [6, 6.07) is 4.87. The van der Waals surface area contributed by atoms with Crippen molar-refractivity contribution in [3.63, 3.8) is 0 Å². The summed E-state index contributed by atoms with van der Waals surface area (Å²) in [5.41, 5.74) is 1.49. The summed E-state index contributed by atoms with van der Waals surface area (Å²) in [5.74, 6) is 0.824. The first-order valence-corrected chi connectivity index (χ1v) is 7.83. The Bertz CT molecular complexity index is 610. The van der Waals surface area contributed by atoms with Crippen molar-refractivity contribution < 1.29 is 9.13 Å². The molecule has 5 heteroatoms. The number of halogens is 1. The Balaban J connectivity index is 2.18. The number of hydrogen-bond donors (Lipinski definition) is 1. The number of methoxy groups -OCH3 is 1. The predicted molar refractivity (Wildman–Crippen MR) is 85.3 cm³/mol. The van der Waals surface area contributed by atoms with Gasteiger partial charge in [0.25, 0.3) is 0 Å². The van der Waals surface area contributed by atoms with E-state index in [4.69, 9.17) is 4.74 Å². The first kappa shape index (κ1) is 15.9. The summed E-state index contributed by atoms with van der Waals surface area (Å²) >= 11 is 1.54. The van der Waals surface area contributed by atoms with E-state index in [1.165, 1.54) is 24.5 Å². The third kappa shape index (κ3) is 4.02. The summed E-state index contributed by atoms with van der Waals surface area (Å²) in [7, 11) is 1.53. The van der Waals surface area contributed by atoms with Gasteiger partial charge in [-0.25, -0.2) is 9.37 Å². The largest absolute Gasteiger partial charge is 0.497 e. The lowest BCUT2D eigenvalue weighted by Gasteiger charge is -2.05. The Labute approximate surface area is 129 Å². The van der Waals surface area contributed by atoms with Crippen LogP contribution in [0.1, 0.15) is 24.4 Å². The van der Waals surface area contributed by atoms with Crippen molar-refractivity contribution in [3.05, 3.63) is 34.6 Å². The molecule has 3 nitrogen and oxygen atoms in total. The van der Waals surface area contributed by atoms with E-state index in [1.807, 2.05) is 6.92 Å². The molecule has 0 aliphatic heterocycles. The molecule has 2 aromatic rings. The van der Waals surface area contributed by atoms with E-state index in [-0.39, 0.29) is 5.82 Å². The molecule has 0 atom stereocenters. The number of benzene rings is 1. The van der Waals surface area contributed by atoms with Crippen molar-refractivity contribution in [2.24, 2.45) is 5.92 Å². The van der Waals surface area contributed by atoms with Gasteiger partial charge in [-0.1, -0.05) is 13.8 Å². The number of rotatable bonds is 6. The molecule has 0 amide bonds. The molecule has 1 N–H and O–H groups in total. The Kier molecular flexibility index (Phi) is 5.31. The van der Waals surface area contributed by atoms with Crippen LogP contribution in [0, 0.1) is 18.7 Å². The van der Waals surface area contributed by atoms with Crippen LogP contribution in [0.3, 0.4) is 0 Å². The molecule has 1 aromatic heterocycles. The highest BCUT2D eigenvalue weighted by Gasteiger charge is 2.13. The minimum absolute atomic E-state index is 0.301. The fourth-order valence-corrected chi connectivity index (χ4v) is 3.04. The van der Waals surface area contributed by atoms with Crippen LogP contribution in [0.25, 0.3) is 10.6 Å².